The van der Waals surface area contributed by atoms with Crippen LogP contribution in [0.5, 0.6) is 0 Å². The van der Waals surface area contributed by atoms with Gasteiger partial charge in [0.05, 0.1) is 5.69 Å². The van der Waals surface area contributed by atoms with E-state index >= 15 is 0 Å². The molecule has 1 N–H and O–H groups in total. The minimum absolute atomic E-state index is 0.0362. The zero-order valence-corrected chi connectivity index (χ0v) is 10.9. The largest absolute Gasteiger partial charge is 0.478 e. The first kappa shape index (κ1) is 12.8. The minimum atomic E-state index is -1.09. The van der Waals surface area contributed by atoms with Gasteiger partial charge in [0.25, 0.3) is 0 Å². The summed E-state index contributed by atoms with van der Waals surface area (Å²) in [6, 6.07) is 1.56. The number of halogens is 1. The molecule has 0 fully saturated rings. The molecule has 2 heterocycles. The Balaban J connectivity index is 2.86. The van der Waals surface area contributed by atoms with Gasteiger partial charge in [-0.3, -0.25) is 0 Å². The molecule has 0 aliphatic rings. The van der Waals surface area contributed by atoms with Crippen LogP contribution < -0.4 is 0 Å². The van der Waals surface area contributed by atoms with Crippen molar-refractivity contribution in [2.45, 2.75) is 19.4 Å². The van der Waals surface area contributed by atoms with Crippen molar-refractivity contribution in [1.82, 2.24) is 14.6 Å². The molecule has 0 aromatic carbocycles. The maximum atomic E-state index is 11.3. The predicted octanol–water partition coefficient (Wildman–Crippen LogP) is 1.96. The zero-order valence-electron chi connectivity index (χ0n) is 10.1. The average molecular weight is 270 g/mol. The molecule has 2 aromatic rings. The van der Waals surface area contributed by atoms with Crippen molar-refractivity contribution in [2.75, 3.05) is 7.11 Å². The SMILES string of the molecule is COC(C)(C)c1c(C(=O)O)cnc2cc(Cl)nn12. The summed E-state index contributed by atoms with van der Waals surface area (Å²) in [5.41, 5.74) is 0.0817. The maximum Gasteiger partial charge on any atom is 0.339 e. The molecular formula is C11H12ClN3O3. The molecule has 2 aromatic heterocycles. The lowest BCUT2D eigenvalue weighted by molar-refractivity contribution is 0.0119. The molecule has 0 spiro atoms. The summed E-state index contributed by atoms with van der Waals surface area (Å²) >= 11 is 5.82. The van der Waals surface area contributed by atoms with E-state index in [1.807, 2.05) is 0 Å². The first-order chi connectivity index (χ1) is 8.36. The van der Waals surface area contributed by atoms with E-state index in [0.717, 1.165) is 0 Å². The van der Waals surface area contributed by atoms with E-state index in [1.54, 1.807) is 19.9 Å². The third-order valence-electron chi connectivity index (χ3n) is 2.76. The number of methoxy groups -OCH3 is 1. The normalized spacial score (nSPS) is 12.0. The lowest BCUT2D eigenvalue weighted by Gasteiger charge is -2.25. The topological polar surface area (TPSA) is 76.7 Å². The monoisotopic (exact) mass is 269 g/mol. The first-order valence-electron chi connectivity index (χ1n) is 5.20. The Morgan fingerprint density at radius 1 is 1.56 bits per heavy atom. The van der Waals surface area contributed by atoms with Crippen LogP contribution in [0.4, 0.5) is 0 Å². The van der Waals surface area contributed by atoms with Crippen LogP contribution in [-0.2, 0) is 10.3 Å². The van der Waals surface area contributed by atoms with Gasteiger partial charge >= 0.3 is 5.97 Å². The summed E-state index contributed by atoms with van der Waals surface area (Å²) < 4.78 is 6.73. The molecule has 0 amide bonds. The third-order valence-corrected chi connectivity index (χ3v) is 2.95. The lowest BCUT2D eigenvalue weighted by Crippen LogP contribution is -2.27. The van der Waals surface area contributed by atoms with Gasteiger partial charge in [-0.1, -0.05) is 11.6 Å². The summed E-state index contributed by atoms with van der Waals surface area (Å²) in [5, 5.41) is 13.5. The van der Waals surface area contributed by atoms with E-state index in [2.05, 4.69) is 10.1 Å². The third kappa shape index (κ3) is 1.93. The second-order valence-corrected chi connectivity index (χ2v) is 4.66. The summed E-state index contributed by atoms with van der Waals surface area (Å²) in [7, 11) is 1.50. The van der Waals surface area contributed by atoms with E-state index in [9.17, 15) is 9.90 Å². The van der Waals surface area contributed by atoms with Crippen LogP contribution in [-0.4, -0.2) is 32.8 Å². The number of ether oxygens (including phenoxy) is 1. The van der Waals surface area contributed by atoms with Crippen molar-refractivity contribution in [3.63, 3.8) is 0 Å². The van der Waals surface area contributed by atoms with Crippen molar-refractivity contribution < 1.29 is 14.6 Å². The fraction of sp³-hybridized carbons (Fsp3) is 0.364. The molecule has 0 bridgehead atoms. The Labute approximate surface area is 108 Å². The fourth-order valence-corrected chi connectivity index (χ4v) is 1.91. The summed E-state index contributed by atoms with van der Waals surface area (Å²) in [5.74, 6) is -1.09. The fourth-order valence-electron chi connectivity index (χ4n) is 1.74. The molecule has 96 valence electrons. The molecule has 0 saturated carbocycles. The molecule has 0 saturated heterocycles. The Morgan fingerprint density at radius 2 is 2.22 bits per heavy atom. The van der Waals surface area contributed by atoms with Gasteiger partial charge < -0.3 is 9.84 Å². The highest BCUT2D eigenvalue weighted by molar-refractivity contribution is 6.29. The molecule has 18 heavy (non-hydrogen) atoms. The average Bonchev–Trinajstić information content (AvgIpc) is 2.67. The van der Waals surface area contributed by atoms with Gasteiger partial charge in [0.15, 0.2) is 10.8 Å². The Morgan fingerprint density at radius 3 is 2.78 bits per heavy atom. The zero-order chi connectivity index (χ0) is 13.5. The predicted molar refractivity (Wildman–Crippen MR) is 65.0 cm³/mol. The van der Waals surface area contributed by atoms with Crippen LogP contribution in [0.25, 0.3) is 5.65 Å². The van der Waals surface area contributed by atoms with E-state index in [-0.39, 0.29) is 10.7 Å². The Bertz CT molecular complexity index is 621. The summed E-state index contributed by atoms with van der Waals surface area (Å²) in [6.45, 7) is 3.51. The molecule has 0 unspecified atom stereocenters. The molecule has 6 nitrogen and oxygen atoms in total. The number of carboxylic acids is 1. The van der Waals surface area contributed by atoms with Crippen LogP contribution in [0, 0.1) is 0 Å². The molecule has 2 rings (SSSR count). The summed E-state index contributed by atoms with van der Waals surface area (Å²) in [4.78, 5) is 15.3. The maximum absolute atomic E-state index is 11.3. The number of aromatic nitrogens is 3. The first-order valence-corrected chi connectivity index (χ1v) is 5.58. The number of hydrogen-bond acceptors (Lipinski definition) is 4. The highest BCUT2D eigenvalue weighted by Crippen LogP contribution is 2.28. The van der Waals surface area contributed by atoms with E-state index in [4.69, 9.17) is 16.3 Å². The lowest BCUT2D eigenvalue weighted by atomic mass is 10.00. The Hall–Kier alpha value is -1.66. The van der Waals surface area contributed by atoms with Gasteiger partial charge in [0.1, 0.15) is 11.2 Å². The van der Waals surface area contributed by atoms with Crippen LogP contribution >= 0.6 is 11.6 Å². The molecule has 0 atom stereocenters. The van der Waals surface area contributed by atoms with Gasteiger partial charge in [-0.2, -0.15) is 5.10 Å². The number of hydrogen-bond donors (Lipinski definition) is 1. The van der Waals surface area contributed by atoms with Crippen LogP contribution in [0.3, 0.4) is 0 Å². The van der Waals surface area contributed by atoms with Crippen molar-refractivity contribution in [3.8, 4) is 0 Å². The van der Waals surface area contributed by atoms with Gasteiger partial charge in [-0.05, 0) is 13.8 Å². The molecule has 0 aliphatic heterocycles. The number of nitrogens with zero attached hydrogens (tertiary/aromatic N) is 3. The van der Waals surface area contributed by atoms with Gasteiger partial charge in [0.2, 0.25) is 0 Å². The second kappa shape index (κ2) is 4.22. The van der Waals surface area contributed by atoms with E-state index in [0.29, 0.717) is 11.3 Å². The van der Waals surface area contributed by atoms with Crippen molar-refractivity contribution in [2.24, 2.45) is 0 Å². The van der Waals surface area contributed by atoms with Crippen molar-refractivity contribution >= 4 is 23.2 Å². The van der Waals surface area contributed by atoms with Gasteiger partial charge in [-0.25, -0.2) is 14.3 Å². The quantitative estimate of drug-likeness (QED) is 0.922. The van der Waals surface area contributed by atoms with Crippen molar-refractivity contribution in [3.05, 3.63) is 28.7 Å². The molecular weight excluding hydrogens is 258 g/mol. The number of rotatable bonds is 3. The number of aromatic carboxylic acids is 1. The van der Waals surface area contributed by atoms with Crippen LogP contribution in [0.2, 0.25) is 5.15 Å². The van der Waals surface area contributed by atoms with Gasteiger partial charge in [0, 0.05) is 19.4 Å². The number of carbonyl (C=O) groups is 1. The van der Waals surface area contributed by atoms with Crippen molar-refractivity contribution in [1.29, 1.82) is 0 Å². The smallest absolute Gasteiger partial charge is 0.339 e. The molecule has 7 heteroatoms. The van der Waals surface area contributed by atoms with Crippen LogP contribution in [0.15, 0.2) is 12.3 Å². The number of carboxylic acid groups (broad SMARTS) is 1. The standard InChI is InChI=1S/C11H12ClN3O3/c1-11(2,18-3)9-6(10(16)17)5-13-8-4-7(12)14-15(8)9/h4-5H,1-3H3,(H,16,17). The number of fused-ring (bicyclic) bond motifs is 1. The minimum Gasteiger partial charge on any atom is -0.478 e. The molecule has 0 radical (unpaired) electrons. The Kier molecular flexibility index (Phi) is 3.00. The van der Waals surface area contributed by atoms with E-state index < -0.39 is 11.6 Å². The second-order valence-electron chi connectivity index (χ2n) is 4.28. The van der Waals surface area contributed by atoms with E-state index in [1.165, 1.54) is 17.8 Å². The van der Waals surface area contributed by atoms with Crippen LogP contribution in [0.1, 0.15) is 29.9 Å². The van der Waals surface area contributed by atoms with Gasteiger partial charge in [-0.15, -0.1) is 0 Å². The summed E-state index contributed by atoms with van der Waals surface area (Å²) in [6.07, 6.45) is 1.28. The molecule has 0 aliphatic carbocycles. The highest BCUT2D eigenvalue weighted by atomic mass is 35.5. The highest BCUT2D eigenvalue weighted by Gasteiger charge is 2.30.